The van der Waals surface area contributed by atoms with E-state index in [1.165, 1.54) is 12.1 Å². The number of fused-ring (bicyclic) bond motifs is 1. The lowest BCUT2D eigenvalue weighted by molar-refractivity contribution is -0.134. The Hall–Kier alpha value is -1.46. The van der Waals surface area contributed by atoms with Gasteiger partial charge in [-0.25, -0.2) is 4.39 Å². The van der Waals surface area contributed by atoms with E-state index in [1.807, 2.05) is 19.0 Å². The highest BCUT2D eigenvalue weighted by atomic mass is 19.1. The van der Waals surface area contributed by atoms with Gasteiger partial charge in [0.25, 0.3) is 0 Å². The molecule has 1 aromatic rings. The molecule has 0 aromatic heterocycles. The highest BCUT2D eigenvalue weighted by molar-refractivity contribution is 5.79. The van der Waals surface area contributed by atoms with Gasteiger partial charge < -0.3 is 14.5 Å². The molecule has 1 aromatic carbocycles. The van der Waals surface area contributed by atoms with E-state index in [0.29, 0.717) is 13.0 Å². The third kappa shape index (κ3) is 3.01. The molecular weight excluding hydrogens is 283 g/mol. The number of amides is 1. The first-order valence-electron chi connectivity index (χ1n) is 7.88. The first kappa shape index (κ1) is 15.4. The van der Waals surface area contributed by atoms with Crippen molar-refractivity contribution in [3.63, 3.8) is 0 Å². The molecule has 0 radical (unpaired) electrons. The zero-order valence-electron chi connectivity index (χ0n) is 13.2. The maximum atomic E-state index is 13.0. The van der Waals surface area contributed by atoms with Gasteiger partial charge in [0.05, 0.1) is 24.6 Å². The molecule has 0 aliphatic carbocycles. The van der Waals surface area contributed by atoms with E-state index in [9.17, 15) is 9.18 Å². The van der Waals surface area contributed by atoms with E-state index in [4.69, 9.17) is 4.74 Å². The van der Waals surface area contributed by atoms with Gasteiger partial charge in [-0.3, -0.25) is 4.79 Å². The second-order valence-electron chi connectivity index (χ2n) is 6.43. The molecule has 2 fully saturated rings. The lowest BCUT2D eigenvalue weighted by Gasteiger charge is -2.33. The fourth-order valence-corrected chi connectivity index (χ4v) is 3.55. The van der Waals surface area contributed by atoms with Crippen LogP contribution in [0.1, 0.15) is 18.4 Å². The van der Waals surface area contributed by atoms with Crippen molar-refractivity contribution >= 4 is 5.91 Å². The van der Waals surface area contributed by atoms with E-state index >= 15 is 0 Å². The van der Waals surface area contributed by atoms with Crippen LogP contribution in [0.4, 0.5) is 4.39 Å². The summed E-state index contributed by atoms with van der Waals surface area (Å²) in [5.41, 5.74) is 0.855. The van der Waals surface area contributed by atoms with Gasteiger partial charge in [-0.15, -0.1) is 0 Å². The lowest BCUT2D eigenvalue weighted by Crippen LogP contribution is -2.46. The summed E-state index contributed by atoms with van der Waals surface area (Å²) in [5.74, 6) is -0.165. The molecule has 0 unspecified atom stereocenters. The van der Waals surface area contributed by atoms with Crippen LogP contribution in [-0.2, 0) is 16.0 Å². The second kappa shape index (κ2) is 6.34. The average molecular weight is 306 g/mol. The van der Waals surface area contributed by atoms with Crippen LogP contribution in [0.25, 0.3) is 0 Å². The number of halogens is 1. The highest BCUT2D eigenvalue weighted by Gasteiger charge is 2.46. The number of carbonyl (C=O) groups excluding carboxylic acids is 1. The predicted molar refractivity (Wildman–Crippen MR) is 82.1 cm³/mol. The summed E-state index contributed by atoms with van der Waals surface area (Å²) in [6.07, 6.45) is 2.44. The topological polar surface area (TPSA) is 32.8 Å². The summed E-state index contributed by atoms with van der Waals surface area (Å²) < 4.78 is 18.9. The van der Waals surface area contributed by atoms with Gasteiger partial charge in [-0.05, 0) is 44.6 Å². The molecule has 120 valence electrons. The van der Waals surface area contributed by atoms with E-state index in [-0.39, 0.29) is 29.9 Å². The van der Waals surface area contributed by atoms with Crippen LogP contribution in [0.15, 0.2) is 24.3 Å². The number of carbonyl (C=O) groups is 1. The molecule has 0 N–H and O–H groups in total. The number of ether oxygens (including phenoxy) is 1. The molecule has 3 rings (SSSR count). The standard InChI is InChI=1S/C17H23FN2O2/c1-19(2)15-11-20(14-4-3-9-22-17(14)15)16(21)10-12-5-7-13(18)8-6-12/h5-8,14-15,17H,3-4,9-11H2,1-2H3/t14-,15-,17+/m1/s1. The summed E-state index contributed by atoms with van der Waals surface area (Å²) in [6, 6.07) is 6.60. The van der Waals surface area contributed by atoms with Crippen LogP contribution < -0.4 is 0 Å². The van der Waals surface area contributed by atoms with Crippen LogP contribution in [0, 0.1) is 5.82 Å². The Morgan fingerprint density at radius 2 is 2.09 bits per heavy atom. The van der Waals surface area contributed by atoms with Gasteiger partial charge in [0.2, 0.25) is 5.91 Å². The van der Waals surface area contributed by atoms with Crippen molar-refractivity contribution in [1.29, 1.82) is 0 Å². The number of likely N-dealkylation sites (tertiary alicyclic amines) is 1. The minimum atomic E-state index is -0.272. The van der Waals surface area contributed by atoms with Gasteiger partial charge in [-0.2, -0.15) is 0 Å². The molecule has 2 aliphatic rings. The monoisotopic (exact) mass is 306 g/mol. The first-order valence-corrected chi connectivity index (χ1v) is 7.88. The van der Waals surface area contributed by atoms with Crippen LogP contribution in [0.3, 0.4) is 0 Å². The molecule has 2 heterocycles. The van der Waals surface area contributed by atoms with Crippen molar-refractivity contribution in [3.05, 3.63) is 35.6 Å². The summed E-state index contributed by atoms with van der Waals surface area (Å²) in [7, 11) is 4.07. The maximum Gasteiger partial charge on any atom is 0.227 e. The van der Waals surface area contributed by atoms with Crippen molar-refractivity contribution < 1.29 is 13.9 Å². The quantitative estimate of drug-likeness (QED) is 0.852. The normalized spacial score (nSPS) is 28.0. The predicted octanol–water partition coefficient (Wildman–Crippen LogP) is 1.69. The zero-order chi connectivity index (χ0) is 15.7. The van der Waals surface area contributed by atoms with Crippen LogP contribution in [0.2, 0.25) is 0 Å². The van der Waals surface area contributed by atoms with Gasteiger partial charge in [0.15, 0.2) is 0 Å². The summed E-state index contributed by atoms with van der Waals surface area (Å²) >= 11 is 0. The summed E-state index contributed by atoms with van der Waals surface area (Å²) in [4.78, 5) is 16.8. The number of benzene rings is 1. The maximum absolute atomic E-state index is 13.0. The Morgan fingerprint density at radius 1 is 1.36 bits per heavy atom. The lowest BCUT2D eigenvalue weighted by atomic mass is 10.0. The number of hydrogen-bond donors (Lipinski definition) is 0. The number of nitrogens with zero attached hydrogens (tertiary/aromatic N) is 2. The Morgan fingerprint density at radius 3 is 2.77 bits per heavy atom. The number of rotatable bonds is 3. The van der Waals surface area contributed by atoms with Gasteiger partial charge in [-0.1, -0.05) is 12.1 Å². The average Bonchev–Trinajstić information content (AvgIpc) is 2.89. The first-order chi connectivity index (χ1) is 10.6. The minimum absolute atomic E-state index is 0.108. The largest absolute Gasteiger partial charge is 0.374 e. The smallest absolute Gasteiger partial charge is 0.227 e. The molecule has 3 atom stereocenters. The zero-order valence-corrected chi connectivity index (χ0v) is 13.2. The van der Waals surface area contributed by atoms with Crippen LogP contribution in [-0.4, -0.2) is 61.1 Å². The molecule has 22 heavy (non-hydrogen) atoms. The Kier molecular flexibility index (Phi) is 4.45. The minimum Gasteiger partial charge on any atom is -0.374 e. The van der Waals surface area contributed by atoms with E-state index in [0.717, 1.165) is 25.0 Å². The van der Waals surface area contributed by atoms with E-state index in [2.05, 4.69) is 4.90 Å². The Balaban J connectivity index is 1.72. The molecule has 2 saturated heterocycles. The SMILES string of the molecule is CN(C)[C@@H]1CN(C(=O)Cc2ccc(F)cc2)[C@@H]2CCCO[C@H]12. The summed E-state index contributed by atoms with van der Waals surface area (Å²) in [5, 5.41) is 0. The Bertz CT molecular complexity index is 532. The van der Waals surface area contributed by atoms with Gasteiger partial charge in [0, 0.05) is 13.2 Å². The molecule has 5 heteroatoms. The number of hydrogen-bond acceptors (Lipinski definition) is 3. The molecule has 4 nitrogen and oxygen atoms in total. The summed E-state index contributed by atoms with van der Waals surface area (Å²) in [6.45, 7) is 1.49. The molecule has 0 saturated carbocycles. The Labute approximate surface area is 130 Å². The second-order valence-corrected chi connectivity index (χ2v) is 6.43. The fraction of sp³-hybridized carbons (Fsp3) is 0.588. The van der Waals surface area contributed by atoms with Gasteiger partial charge in [0.1, 0.15) is 5.82 Å². The van der Waals surface area contributed by atoms with Crippen molar-refractivity contribution in [1.82, 2.24) is 9.80 Å². The fourth-order valence-electron chi connectivity index (χ4n) is 3.55. The third-order valence-electron chi connectivity index (χ3n) is 4.75. The number of likely N-dealkylation sites (N-methyl/N-ethyl adjacent to an activating group) is 1. The third-order valence-corrected chi connectivity index (χ3v) is 4.75. The molecule has 0 spiro atoms. The van der Waals surface area contributed by atoms with Crippen molar-refractivity contribution in [3.8, 4) is 0 Å². The van der Waals surface area contributed by atoms with Crippen LogP contribution >= 0.6 is 0 Å². The van der Waals surface area contributed by atoms with Crippen molar-refractivity contribution in [2.24, 2.45) is 0 Å². The molecule has 2 aliphatic heterocycles. The van der Waals surface area contributed by atoms with Crippen molar-refractivity contribution in [2.45, 2.75) is 37.5 Å². The van der Waals surface area contributed by atoms with Crippen LogP contribution in [0.5, 0.6) is 0 Å². The molecular formula is C17H23FN2O2. The highest BCUT2D eigenvalue weighted by Crippen LogP contribution is 2.31. The van der Waals surface area contributed by atoms with E-state index < -0.39 is 0 Å². The van der Waals surface area contributed by atoms with Crippen molar-refractivity contribution in [2.75, 3.05) is 27.2 Å². The molecule has 0 bridgehead atoms. The van der Waals surface area contributed by atoms with Gasteiger partial charge >= 0.3 is 0 Å². The van der Waals surface area contributed by atoms with E-state index in [1.54, 1.807) is 12.1 Å². The molecule has 1 amide bonds.